The number of hydrogen-bond donors (Lipinski definition) is 3. The standard InChI is InChI=1S/C12H9N3O.C7H6BrNO/c13-12(16)10-5-8-7-3-1-2-4-9(7)15-11(8)6-14-10;8-6-2-1-3-7(4-6)9-5-10/h1-6,15H,(H2,13,16);1-5H,(H,9,10). The highest BCUT2D eigenvalue weighted by Crippen LogP contribution is 2.24. The molecule has 6 nitrogen and oxygen atoms in total. The summed E-state index contributed by atoms with van der Waals surface area (Å²) >= 11 is 3.28. The summed E-state index contributed by atoms with van der Waals surface area (Å²) in [5, 5.41) is 4.58. The number of aromatic nitrogens is 2. The van der Waals surface area contributed by atoms with E-state index in [1.807, 2.05) is 48.5 Å². The van der Waals surface area contributed by atoms with E-state index in [2.05, 4.69) is 31.2 Å². The average Bonchev–Trinajstić information content (AvgIpc) is 3.00. The lowest BCUT2D eigenvalue weighted by molar-refractivity contribution is -0.105. The van der Waals surface area contributed by atoms with Gasteiger partial charge < -0.3 is 16.0 Å². The Kier molecular flexibility index (Phi) is 5.28. The van der Waals surface area contributed by atoms with Crippen LogP contribution in [0.3, 0.4) is 0 Å². The smallest absolute Gasteiger partial charge is 0.267 e. The molecule has 4 aromatic rings. The lowest BCUT2D eigenvalue weighted by Gasteiger charge is -1.96. The number of carbonyl (C=O) groups excluding carboxylic acids is 2. The van der Waals surface area contributed by atoms with Gasteiger partial charge in [-0.2, -0.15) is 0 Å². The molecule has 0 fully saturated rings. The molecule has 0 aliphatic heterocycles. The van der Waals surface area contributed by atoms with Crippen LogP contribution in [0.1, 0.15) is 10.5 Å². The Hall–Kier alpha value is -3.19. The summed E-state index contributed by atoms with van der Waals surface area (Å²) in [7, 11) is 0. The Balaban J connectivity index is 0.000000170. The van der Waals surface area contributed by atoms with E-state index in [-0.39, 0.29) is 5.69 Å². The topological polar surface area (TPSA) is 101 Å². The van der Waals surface area contributed by atoms with Crippen LogP contribution in [0.25, 0.3) is 21.8 Å². The summed E-state index contributed by atoms with van der Waals surface area (Å²) in [6.07, 6.45) is 2.29. The van der Waals surface area contributed by atoms with Gasteiger partial charge in [0.2, 0.25) is 6.41 Å². The largest absolute Gasteiger partial charge is 0.364 e. The Morgan fingerprint density at radius 3 is 2.62 bits per heavy atom. The van der Waals surface area contributed by atoms with Crippen LogP contribution in [0.4, 0.5) is 5.69 Å². The fourth-order valence-electron chi connectivity index (χ4n) is 2.53. The second-order valence-electron chi connectivity index (χ2n) is 5.42. The highest BCUT2D eigenvalue weighted by molar-refractivity contribution is 9.10. The summed E-state index contributed by atoms with van der Waals surface area (Å²) in [6, 6.07) is 17.0. The van der Waals surface area contributed by atoms with E-state index in [1.54, 1.807) is 12.3 Å². The van der Waals surface area contributed by atoms with Crippen molar-refractivity contribution in [2.75, 3.05) is 5.32 Å². The Morgan fingerprint density at radius 1 is 1.08 bits per heavy atom. The summed E-state index contributed by atoms with van der Waals surface area (Å²) < 4.78 is 0.958. The number of nitrogens with two attached hydrogens (primary N) is 1. The maximum Gasteiger partial charge on any atom is 0.267 e. The number of para-hydroxylation sites is 1. The summed E-state index contributed by atoms with van der Waals surface area (Å²) in [6.45, 7) is 0. The van der Waals surface area contributed by atoms with E-state index in [1.165, 1.54) is 0 Å². The number of H-pyrrole nitrogens is 1. The molecule has 0 aliphatic rings. The number of amides is 2. The number of nitrogens with one attached hydrogen (secondary N) is 2. The van der Waals surface area contributed by atoms with Gasteiger partial charge in [0.15, 0.2) is 0 Å². The van der Waals surface area contributed by atoms with Crippen LogP contribution >= 0.6 is 15.9 Å². The zero-order chi connectivity index (χ0) is 18.5. The molecule has 4 rings (SSSR count). The zero-order valence-electron chi connectivity index (χ0n) is 13.6. The molecule has 4 N–H and O–H groups in total. The number of anilines is 1. The fraction of sp³-hybridized carbons (Fsp3) is 0. The molecule has 2 amide bonds. The molecule has 0 saturated carbocycles. The molecule has 2 aromatic carbocycles. The third-order valence-corrected chi connectivity index (χ3v) is 4.19. The maximum atomic E-state index is 11.1. The second-order valence-corrected chi connectivity index (χ2v) is 6.34. The van der Waals surface area contributed by atoms with Crippen LogP contribution in [-0.4, -0.2) is 22.3 Å². The normalized spacial score (nSPS) is 10.2. The Bertz CT molecular complexity index is 1090. The van der Waals surface area contributed by atoms with Gasteiger partial charge in [-0.25, -0.2) is 4.98 Å². The molecule has 0 aliphatic carbocycles. The number of rotatable bonds is 3. The van der Waals surface area contributed by atoms with Crippen molar-refractivity contribution in [1.82, 2.24) is 9.97 Å². The highest BCUT2D eigenvalue weighted by atomic mass is 79.9. The average molecular weight is 411 g/mol. The van der Waals surface area contributed by atoms with Crippen LogP contribution in [-0.2, 0) is 4.79 Å². The van der Waals surface area contributed by atoms with Crippen molar-refractivity contribution < 1.29 is 9.59 Å². The van der Waals surface area contributed by atoms with Crippen molar-refractivity contribution in [3.8, 4) is 0 Å². The molecule has 2 heterocycles. The zero-order valence-corrected chi connectivity index (χ0v) is 15.2. The predicted molar refractivity (Wildman–Crippen MR) is 106 cm³/mol. The van der Waals surface area contributed by atoms with E-state index < -0.39 is 5.91 Å². The van der Waals surface area contributed by atoms with Crippen molar-refractivity contribution in [1.29, 1.82) is 0 Å². The van der Waals surface area contributed by atoms with Crippen molar-refractivity contribution in [3.63, 3.8) is 0 Å². The van der Waals surface area contributed by atoms with Crippen LogP contribution in [0, 0.1) is 0 Å². The van der Waals surface area contributed by atoms with Crippen LogP contribution < -0.4 is 11.1 Å². The summed E-state index contributed by atoms with van der Waals surface area (Å²) in [4.78, 5) is 28.2. The van der Waals surface area contributed by atoms with E-state index in [9.17, 15) is 9.59 Å². The summed E-state index contributed by atoms with van der Waals surface area (Å²) in [5.41, 5.74) is 8.23. The lowest BCUT2D eigenvalue weighted by atomic mass is 10.1. The van der Waals surface area contributed by atoms with Gasteiger partial charge in [0, 0.05) is 26.4 Å². The van der Waals surface area contributed by atoms with Crippen LogP contribution in [0.15, 0.2) is 65.3 Å². The quantitative estimate of drug-likeness (QED) is 0.447. The number of aromatic amines is 1. The molecule has 0 saturated heterocycles. The first-order valence-electron chi connectivity index (χ1n) is 7.70. The van der Waals surface area contributed by atoms with Gasteiger partial charge in [-0.15, -0.1) is 0 Å². The minimum Gasteiger partial charge on any atom is -0.364 e. The maximum absolute atomic E-state index is 11.1. The molecule has 2 aromatic heterocycles. The van der Waals surface area contributed by atoms with Crippen molar-refractivity contribution in [2.24, 2.45) is 5.73 Å². The predicted octanol–water partition coefficient (Wildman–Crippen LogP) is 3.83. The Labute approximate surface area is 157 Å². The third kappa shape index (κ3) is 3.89. The molecule has 0 bridgehead atoms. The number of halogens is 1. The molecule has 26 heavy (non-hydrogen) atoms. The van der Waals surface area contributed by atoms with Crippen molar-refractivity contribution in [2.45, 2.75) is 0 Å². The van der Waals surface area contributed by atoms with E-state index >= 15 is 0 Å². The van der Waals surface area contributed by atoms with Gasteiger partial charge in [-0.3, -0.25) is 9.59 Å². The number of carbonyl (C=O) groups is 2. The molecular formula is C19H15BrN4O2. The number of hydrogen-bond acceptors (Lipinski definition) is 3. The lowest BCUT2D eigenvalue weighted by Crippen LogP contribution is -2.12. The number of pyridine rings is 1. The van der Waals surface area contributed by atoms with Crippen LogP contribution in [0.2, 0.25) is 0 Å². The monoisotopic (exact) mass is 410 g/mol. The number of benzene rings is 2. The van der Waals surface area contributed by atoms with Gasteiger partial charge in [0.05, 0.1) is 11.7 Å². The van der Waals surface area contributed by atoms with Crippen molar-refractivity contribution in [3.05, 3.63) is 71.0 Å². The van der Waals surface area contributed by atoms with E-state index in [4.69, 9.17) is 5.73 Å². The number of nitrogens with zero attached hydrogens (tertiary/aromatic N) is 1. The van der Waals surface area contributed by atoms with E-state index in [0.717, 1.165) is 32.0 Å². The molecule has 0 atom stereocenters. The highest BCUT2D eigenvalue weighted by Gasteiger charge is 2.07. The SMILES string of the molecule is NC(=O)c1cc2c(cn1)[nH]c1ccccc12.O=CNc1cccc(Br)c1. The minimum atomic E-state index is -0.507. The minimum absolute atomic E-state index is 0.289. The molecule has 130 valence electrons. The van der Waals surface area contributed by atoms with Gasteiger partial charge in [0.1, 0.15) is 5.69 Å². The van der Waals surface area contributed by atoms with Gasteiger partial charge in [-0.1, -0.05) is 40.2 Å². The van der Waals surface area contributed by atoms with Crippen molar-refractivity contribution >= 4 is 55.7 Å². The Morgan fingerprint density at radius 2 is 1.88 bits per heavy atom. The van der Waals surface area contributed by atoms with Gasteiger partial charge in [0.25, 0.3) is 5.91 Å². The third-order valence-electron chi connectivity index (χ3n) is 3.69. The molecular weight excluding hydrogens is 396 g/mol. The molecule has 0 radical (unpaired) electrons. The van der Waals surface area contributed by atoms with Crippen LogP contribution in [0.5, 0.6) is 0 Å². The molecule has 0 spiro atoms. The van der Waals surface area contributed by atoms with Gasteiger partial charge in [-0.05, 0) is 30.3 Å². The first-order chi connectivity index (χ1) is 12.6. The van der Waals surface area contributed by atoms with Gasteiger partial charge >= 0.3 is 0 Å². The van der Waals surface area contributed by atoms with E-state index in [0.29, 0.717) is 6.41 Å². The second kappa shape index (κ2) is 7.79. The first-order valence-corrected chi connectivity index (χ1v) is 8.50. The number of primary amides is 1. The number of fused-ring (bicyclic) bond motifs is 3. The fourth-order valence-corrected chi connectivity index (χ4v) is 2.93. The molecule has 0 unspecified atom stereocenters. The molecule has 7 heteroatoms. The first kappa shape index (κ1) is 17.6. The summed E-state index contributed by atoms with van der Waals surface area (Å²) in [5.74, 6) is -0.507.